The Hall–Kier alpha value is -3.03. The SMILES string of the molecule is O=C(COc1ccccc1)N1CCN(C(=O)c2ccc(F)c(F)c2F)CC1. The zero-order chi connectivity index (χ0) is 19.4. The van der Waals surface area contributed by atoms with E-state index in [1.54, 1.807) is 24.3 Å². The molecule has 5 nitrogen and oxygen atoms in total. The number of ether oxygens (including phenoxy) is 1. The van der Waals surface area contributed by atoms with Gasteiger partial charge in [-0.1, -0.05) is 18.2 Å². The van der Waals surface area contributed by atoms with Gasteiger partial charge in [-0.3, -0.25) is 9.59 Å². The first kappa shape index (κ1) is 18.8. The standard InChI is InChI=1S/C19H17F3N2O3/c20-15-7-6-14(17(21)18(15)22)19(26)24-10-8-23(9-11-24)16(25)12-27-13-4-2-1-3-5-13/h1-7H,8-12H2. The van der Waals surface area contributed by atoms with Gasteiger partial charge in [0.2, 0.25) is 0 Å². The second-order valence-electron chi connectivity index (χ2n) is 6.00. The van der Waals surface area contributed by atoms with Crippen LogP contribution in [0.5, 0.6) is 5.75 Å². The van der Waals surface area contributed by atoms with E-state index < -0.39 is 28.9 Å². The number of para-hydroxylation sites is 1. The van der Waals surface area contributed by atoms with Gasteiger partial charge in [0.1, 0.15) is 5.75 Å². The summed E-state index contributed by atoms with van der Waals surface area (Å²) in [6.07, 6.45) is 0. The third-order valence-corrected chi connectivity index (χ3v) is 4.29. The molecule has 0 aliphatic carbocycles. The van der Waals surface area contributed by atoms with Crippen LogP contribution >= 0.6 is 0 Å². The fourth-order valence-corrected chi connectivity index (χ4v) is 2.77. The van der Waals surface area contributed by atoms with Crippen molar-refractivity contribution in [2.24, 2.45) is 0 Å². The monoisotopic (exact) mass is 378 g/mol. The fourth-order valence-electron chi connectivity index (χ4n) is 2.77. The van der Waals surface area contributed by atoms with Crippen molar-refractivity contribution in [1.82, 2.24) is 9.80 Å². The van der Waals surface area contributed by atoms with E-state index in [1.165, 1.54) is 9.80 Å². The molecule has 1 saturated heterocycles. The Labute approximate surface area is 153 Å². The molecule has 3 rings (SSSR count). The summed E-state index contributed by atoms with van der Waals surface area (Å²) in [5.74, 6) is -4.92. The molecule has 0 bridgehead atoms. The van der Waals surface area contributed by atoms with Crippen molar-refractivity contribution >= 4 is 11.8 Å². The molecular formula is C19H17F3N2O3. The van der Waals surface area contributed by atoms with Crippen molar-refractivity contribution < 1.29 is 27.5 Å². The van der Waals surface area contributed by atoms with Gasteiger partial charge in [-0.25, -0.2) is 13.2 Å². The van der Waals surface area contributed by atoms with Crippen molar-refractivity contribution in [2.45, 2.75) is 0 Å². The van der Waals surface area contributed by atoms with E-state index in [9.17, 15) is 22.8 Å². The summed E-state index contributed by atoms with van der Waals surface area (Å²) in [5, 5.41) is 0. The summed E-state index contributed by atoms with van der Waals surface area (Å²) in [5.41, 5.74) is -0.527. The molecule has 142 valence electrons. The van der Waals surface area contributed by atoms with Crippen LogP contribution < -0.4 is 4.74 Å². The number of rotatable bonds is 4. The van der Waals surface area contributed by atoms with E-state index in [2.05, 4.69) is 0 Å². The molecule has 1 heterocycles. The minimum atomic E-state index is -1.67. The number of benzene rings is 2. The van der Waals surface area contributed by atoms with E-state index in [1.807, 2.05) is 6.07 Å². The lowest BCUT2D eigenvalue weighted by Crippen LogP contribution is -2.51. The van der Waals surface area contributed by atoms with Gasteiger partial charge in [0.25, 0.3) is 11.8 Å². The van der Waals surface area contributed by atoms with Crippen LogP contribution in [0.15, 0.2) is 42.5 Å². The first-order chi connectivity index (χ1) is 13.0. The normalized spacial score (nSPS) is 14.2. The van der Waals surface area contributed by atoms with Crippen molar-refractivity contribution in [2.75, 3.05) is 32.8 Å². The molecule has 0 aromatic heterocycles. The second kappa shape index (κ2) is 8.11. The Morgan fingerprint density at radius 1 is 0.852 bits per heavy atom. The zero-order valence-corrected chi connectivity index (χ0v) is 14.3. The average molecular weight is 378 g/mol. The van der Waals surface area contributed by atoms with Gasteiger partial charge in [-0.15, -0.1) is 0 Å². The lowest BCUT2D eigenvalue weighted by Gasteiger charge is -2.34. The molecule has 2 aromatic rings. The Kier molecular flexibility index (Phi) is 5.63. The topological polar surface area (TPSA) is 49.9 Å². The number of carbonyl (C=O) groups is 2. The van der Waals surface area contributed by atoms with Crippen LogP contribution in [0.1, 0.15) is 10.4 Å². The molecule has 2 amide bonds. The van der Waals surface area contributed by atoms with Gasteiger partial charge in [-0.05, 0) is 24.3 Å². The van der Waals surface area contributed by atoms with Crippen LogP contribution in [0.4, 0.5) is 13.2 Å². The Balaban J connectivity index is 1.54. The van der Waals surface area contributed by atoms with Gasteiger partial charge in [0.05, 0.1) is 5.56 Å². The van der Waals surface area contributed by atoms with E-state index in [0.29, 0.717) is 11.8 Å². The quantitative estimate of drug-likeness (QED) is 0.768. The highest BCUT2D eigenvalue weighted by Crippen LogP contribution is 2.18. The van der Waals surface area contributed by atoms with E-state index >= 15 is 0 Å². The number of hydrogen-bond acceptors (Lipinski definition) is 3. The maximum Gasteiger partial charge on any atom is 0.260 e. The van der Waals surface area contributed by atoms with Crippen LogP contribution in [0.25, 0.3) is 0 Å². The van der Waals surface area contributed by atoms with Crippen LogP contribution in [0.2, 0.25) is 0 Å². The summed E-state index contributed by atoms with van der Waals surface area (Å²) < 4.78 is 45.5. The smallest absolute Gasteiger partial charge is 0.260 e. The summed E-state index contributed by atoms with van der Waals surface area (Å²) in [6, 6.07) is 10.5. The molecular weight excluding hydrogens is 361 g/mol. The van der Waals surface area contributed by atoms with Crippen LogP contribution in [0.3, 0.4) is 0 Å². The molecule has 0 unspecified atom stereocenters. The third-order valence-electron chi connectivity index (χ3n) is 4.29. The molecule has 2 aromatic carbocycles. The average Bonchev–Trinajstić information content (AvgIpc) is 2.71. The predicted octanol–water partition coefficient (Wildman–Crippen LogP) is 2.47. The highest BCUT2D eigenvalue weighted by atomic mass is 19.2. The number of nitrogens with zero attached hydrogens (tertiary/aromatic N) is 2. The van der Waals surface area contributed by atoms with Crippen molar-refractivity contribution in [3.63, 3.8) is 0 Å². The molecule has 1 aliphatic rings. The largest absolute Gasteiger partial charge is 0.484 e. The molecule has 0 atom stereocenters. The molecule has 8 heteroatoms. The highest BCUT2D eigenvalue weighted by molar-refractivity contribution is 5.94. The lowest BCUT2D eigenvalue weighted by molar-refractivity contribution is -0.134. The number of amides is 2. The minimum Gasteiger partial charge on any atom is -0.484 e. The van der Waals surface area contributed by atoms with Crippen molar-refractivity contribution in [3.8, 4) is 5.75 Å². The highest BCUT2D eigenvalue weighted by Gasteiger charge is 2.28. The molecule has 1 aliphatic heterocycles. The van der Waals surface area contributed by atoms with Crippen LogP contribution in [-0.2, 0) is 4.79 Å². The van der Waals surface area contributed by atoms with Crippen molar-refractivity contribution in [1.29, 1.82) is 0 Å². The maximum atomic E-state index is 13.8. The predicted molar refractivity (Wildman–Crippen MR) is 90.7 cm³/mol. The molecule has 0 radical (unpaired) electrons. The Bertz CT molecular complexity index is 838. The number of halogens is 3. The fraction of sp³-hybridized carbons (Fsp3) is 0.263. The summed E-state index contributed by atoms with van der Waals surface area (Å²) in [6.45, 7) is 0.681. The summed E-state index contributed by atoms with van der Waals surface area (Å²) >= 11 is 0. The Morgan fingerprint density at radius 2 is 1.48 bits per heavy atom. The number of carbonyl (C=O) groups excluding carboxylic acids is 2. The van der Waals surface area contributed by atoms with Crippen molar-refractivity contribution in [3.05, 3.63) is 65.5 Å². The Morgan fingerprint density at radius 3 is 2.15 bits per heavy atom. The summed E-state index contributed by atoms with van der Waals surface area (Å²) in [7, 11) is 0. The molecule has 0 N–H and O–H groups in total. The molecule has 0 spiro atoms. The van der Waals surface area contributed by atoms with Gasteiger partial charge < -0.3 is 14.5 Å². The molecule has 0 saturated carbocycles. The maximum absolute atomic E-state index is 13.8. The van der Waals surface area contributed by atoms with Crippen LogP contribution in [-0.4, -0.2) is 54.4 Å². The molecule has 27 heavy (non-hydrogen) atoms. The second-order valence-corrected chi connectivity index (χ2v) is 6.00. The van der Waals surface area contributed by atoms with Gasteiger partial charge >= 0.3 is 0 Å². The third kappa shape index (κ3) is 4.21. The van der Waals surface area contributed by atoms with Gasteiger partial charge in [0.15, 0.2) is 24.1 Å². The summed E-state index contributed by atoms with van der Waals surface area (Å²) in [4.78, 5) is 27.4. The lowest BCUT2D eigenvalue weighted by atomic mass is 10.1. The first-order valence-electron chi connectivity index (χ1n) is 8.36. The number of hydrogen-bond donors (Lipinski definition) is 0. The number of piperazine rings is 1. The van der Waals surface area contributed by atoms with Crippen LogP contribution in [0, 0.1) is 17.5 Å². The molecule has 1 fully saturated rings. The van der Waals surface area contributed by atoms with E-state index in [0.717, 1.165) is 6.07 Å². The van der Waals surface area contributed by atoms with Gasteiger partial charge in [-0.2, -0.15) is 0 Å². The van der Waals surface area contributed by atoms with E-state index in [-0.39, 0.29) is 38.7 Å². The van der Waals surface area contributed by atoms with Gasteiger partial charge in [0, 0.05) is 26.2 Å². The first-order valence-corrected chi connectivity index (χ1v) is 8.36. The zero-order valence-electron chi connectivity index (χ0n) is 14.3. The minimum absolute atomic E-state index is 0.129. The van der Waals surface area contributed by atoms with E-state index in [4.69, 9.17) is 4.74 Å².